The van der Waals surface area contributed by atoms with Crippen molar-refractivity contribution in [1.29, 1.82) is 5.26 Å². The molecule has 0 aromatic heterocycles. The molecule has 1 rings (SSSR count). The lowest BCUT2D eigenvalue weighted by molar-refractivity contribution is -0.386. The predicted molar refractivity (Wildman–Crippen MR) is 70.8 cm³/mol. The first-order chi connectivity index (χ1) is 9.12. The van der Waals surface area contributed by atoms with Crippen LogP contribution in [0.15, 0.2) is 18.2 Å². The number of rotatable bonds is 7. The van der Waals surface area contributed by atoms with E-state index in [4.69, 9.17) is 10.00 Å². The Morgan fingerprint density at radius 1 is 1.53 bits per heavy atom. The van der Waals surface area contributed by atoms with Crippen LogP contribution in [0.25, 0.3) is 0 Å². The van der Waals surface area contributed by atoms with E-state index in [9.17, 15) is 10.1 Å². The van der Waals surface area contributed by atoms with Crippen molar-refractivity contribution in [2.75, 3.05) is 6.54 Å². The maximum absolute atomic E-state index is 10.9. The number of nitro groups is 1. The zero-order valence-corrected chi connectivity index (χ0v) is 11.0. The van der Waals surface area contributed by atoms with E-state index in [1.54, 1.807) is 19.1 Å². The average Bonchev–Trinajstić information content (AvgIpc) is 2.42. The van der Waals surface area contributed by atoms with Gasteiger partial charge in [-0.05, 0) is 24.6 Å². The van der Waals surface area contributed by atoms with Gasteiger partial charge in [-0.3, -0.25) is 10.1 Å². The third kappa shape index (κ3) is 4.23. The topological polar surface area (TPSA) is 88.2 Å². The summed E-state index contributed by atoms with van der Waals surface area (Å²) in [6.45, 7) is 5.19. The van der Waals surface area contributed by atoms with Crippen molar-refractivity contribution in [3.8, 4) is 11.8 Å². The fourth-order valence-electron chi connectivity index (χ4n) is 1.54. The molecule has 1 aromatic carbocycles. The van der Waals surface area contributed by atoms with E-state index in [0.29, 0.717) is 13.0 Å². The van der Waals surface area contributed by atoms with Crippen LogP contribution in [0.3, 0.4) is 0 Å². The lowest BCUT2D eigenvalue weighted by Crippen LogP contribution is -2.15. The first-order valence-corrected chi connectivity index (χ1v) is 6.16. The third-order valence-corrected chi connectivity index (χ3v) is 2.58. The first-order valence-electron chi connectivity index (χ1n) is 6.16. The Kier molecular flexibility index (Phi) is 5.76. The van der Waals surface area contributed by atoms with Crippen LogP contribution in [0.1, 0.15) is 25.8 Å². The van der Waals surface area contributed by atoms with Crippen molar-refractivity contribution < 1.29 is 9.66 Å². The van der Waals surface area contributed by atoms with E-state index in [2.05, 4.69) is 5.32 Å². The molecular formula is C13H17N3O3. The van der Waals surface area contributed by atoms with Crippen molar-refractivity contribution in [3.63, 3.8) is 0 Å². The summed E-state index contributed by atoms with van der Waals surface area (Å²) in [7, 11) is 0. The Morgan fingerprint density at radius 2 is 2.26 bits per heavy atom. The van der Waals surface area contributed by atoms with Gasteiger partial charge in [-0.2, -0.15) is 5.26 Å². The number of nitrogens with one attached hydrogen (secondary N) is 1. The highest BCUT2D eigenvalue weighted by atomic mass is 16.6. The summed E-state index contributed by atoms with van der Waals surface area (Å²) in [6.07, 6.45) is -0.196. The molecule has 0 aliphatic heterocycles. The predicted octanol–water partition coefficient (Wildman–Crippen LogP) is 2.39. The minimum absolute atomic E-state index is 0.117. The highest BCUT2D eigenvalue weighted by Crippen LogP contribution is 2.29. The van der Waals surface area contributed by atoms with Gasteiger partial charge in [-0.15, -0.1) is 0 Å². The molecule has 0 bridgehead atoms. The normalized spacial score (nSPS) is 11.6. The van der Waals surface area contributed by atoms with Crippen molar-refractivity contribution >= 4 is 5.69 Å². The molecule has 6 nitrogen and oxygen atoms in total. The molecule has 1 unspecified atom stereocenters. The minimum Gasteiger partial charge on any atom is -0.468 e. The Bertz CT molecular complexity index is 483. The molecule has 0 spiro atoms. The van der Waals surface area contributed by atoms with Gasteiger partial charge in [0.2, 0.25) is 0 Å². The Balaban J connectivity index is 3.01. The zero-order chi connectivity index (χ0) is 14.3. The van der Waals surface area contributed by atoms with Gasteiger partial charge in [0, 0.05) is 12.6 Å². The second-order valence-electron chi connectivity index (χ2n) is 3.98. The zero-order valence-electron chi connectivity index (χ0n) is 11.0. The third-order valence-electron chi connectivity index (χ3n) is 2.58. The molecule has 1 atom stereocenters. The number of benzene rings is 1. The number of hydrogen-bond donors (Lipinski definition) is 1. The van der Waals surface area contributed by atoms with Crippen molar-refractivity contribution in [1.82, 2.24) is 5.32 Å². The molecule has 0 aliphatic carbocycles. The van der Waals surface area contributed by atoms with Gasteiger partial charge in [0.1, 0.15) is 6.07 Å². The fraction of sp³-hybridized carbons (Fsp3) is 0.462. The Morgan fingerprint density at radius 3 is 2.79 bits per heavy atom. The minimum atomic E-state index is -0.673. The van der Waals surface area contributed by atoms with Crippen LogP contribution in [0.2, 0.25) is 0 Å². The van der Waals surface area contributed by atoms with E-state index in [-0.39, 0.29) is 11.4 Å². The largest absolute Gasteiger partial charge is 0.468 e. The quantitative estimate of drug-likeness (QED) is 0.602. The molecule has 1 aromatic rings. The summed E-state index contributed by atoms with van der Waals surface area (Å²) in [4.78, 5) is 10.4. The van der Waals surface area contributed by atoms with Crippen LogP contribution in [0, 0.1) is 21.4 Å². The molecule has 0 saturated carbocycles. The molecule has 0 amide bonds. The molecular weight excluding hydrogens is 246 g/mol. The number of nitrogens with zero attached hydrogens (tertiary/aromatic N) is 2. The second kappa shape index (κ2) is 7.34. The van der Waals surface area contributed by atoms with E-state index in [1.165, 1.54) is 6.07 Å². The van der Waals surface area contributed by atoms with Crippen LogP contribution < -0.4 is 10.1 Å². The molecule has 0 heterocycles. The van der Waals surface area contributed by atoms with Gasteiger partial charge in [0.25, 0.3) is 0 Å². The summed E-state index contributed by atoms with van der Waals surface area (Å²) in [5.74, 6) is 0.147. The monoisotopic (exact) mass is 263 g/mol. The van der Waals surface area contributed by atoms with E-state index >= 15 is 0 Å². The number of hydrogen-bond acceptors (Lipinski definition) is 5. The molecule has 19 heavy (non-hydrogen) atoms. The maximum Gasteiger partial charge on any atom is 0.310 e. The average molecular weight is 263 g/mol. The van der Waals surface area contributed by atoms with Crippen LogP contribution in [0.4, 0.5) is 5.69 Å². The van der Waals surface area contributed by atoms with Gasteiger partial charge in [-0.1, -0.05) is 19.9 Å². The maximum atomic E-state index is 10.9. The van der Waals surface area contributed by atoms with Gasteiger partial charge in [0.05, 0.1) is 4.92 Å². The Hall–Kier alpha value is -2.13. The lowest BCUT2D eigenvalue weighted by atomic mass is 10.2. The van der Waals surface area contributed by atoms with Crippen molar-refractivity contribution in [2.45, 2.75) is 32.9 Å². The summed E-state index contributed by atoms with van der Waals surface area (Å²) in [6, 6.07) is 6.67. The second-order valence-corrected chi connectivity index (χ2v) is 3.98. The number of nitriles is 1. The molecule has 6 heteroatoms. The molecule has 102 valence electrons. The molecule has 1 N–H and O–H groups in total. The molecule has 0 radical (unpaired) electrons. The molecule has 0 saturated heterocycles. The summed E-state index contributed by atoms with van der Waals surface area (Å²) in [5, 5.41) is 22.9. The molecule has 0 aliphatic rings. The summed E-state index contributed by atoms with van der Waals surface area (Å²) < 4.78 is 5.40. The van der Waals surface area contributed by atoms with Crippen molar-refractivity contribution in [3.05, 3.63) is 33.9 Å². The first kappa shape index (κ1) is 14.9. The fourth-order valence-corrected chi connectivity index (χ4v) is 1.54. The Labute approximate surface area is 112 Å². The lowest BCUT2D eigenvalue weighted by Gasteiger charge is -2.12. The molecule has 0 fully saturated rings. The van der Waals surface area contributed by atoms with Crippen LogP contribution in [-0.2, 0) is 6.54 Å². The van der Waals surface area contributed by atoms with E-state index in [1.807, 2.05) is 13.0 Å². The van der Waals surface area contributed by atoms with E-state index < -0.39 is 11.0 Å². The number of ether oxygens (including phenoxy) is 1. The van der Waals surface area contributed by atoms with Gasteiger partial charge < -0.3 is 10.1 Å². The summed E-state index contributed by atoms with van der Waals surface area (Å²) >= 11 is 0. The summed E-state index contributed by atoms with van der Waals surface area (Å²) in [5.41, 5.74) is 0.768. The van der Waals surface area contributed by atoms with Crippen molar-refractivity contribution in [2.24, 2.45) is 0 Å². The van der Waals surface area contributed by atoms with Gasteiger partial charge in [-0.25, -0.2) is 0 Å². The highest BCUT2D eigenvalue weighted by molar-refractivity contribution is 5.48. The standard InChI is InChI=1S/C13H17N3O3/c1-3-11(8-14)19-13-7-10(9-15-4-2)5-6-12(13)16(17)18/h5-7,11,15H,3-4,9H2,1-2H3. The van der Waals surface area contributed by atoms with Crippen LogP contribution >= 0.6 is 0 Å². The van der Waals surface area contributed by atoms with Gasteiger partial charge >= 0.3 is 5.69 Å². The van der Waals surface area contributed by atoms with Gasteiger partial charge in [0.15, 0.2) is 11.9 Å². The highest BCUT2D eigenvalue weighted by Gasteiger charge is 2.18. The SMILES string of the molecule is CCNCc1ccc([N+](=O)[O-])c(OC(C#N)CC)c1. The van der Waals surface area contributed by atoms with Crippen LogP contribution in [-0.4, -0.2) is 17.6 Å². The number of nitro benzene ring substituents is 1. The smallest absolute Gasteiger partial charge is 0.310 e. The van der Waals surface area contributed by atoms with Crippen LogP contribution in [0.5, 0.6) is 5.75 Å². The van der Waals surface area contributed by atoms with E-state index in [0.717, 1.165) is 12.1 Å².